The number of para-hydroxylation sites is 2. The Bertz CT molecular complexity index is 1220. The fourth-order valence-corrected chi connectivity index (χ4v) is 4.33. The first-order valence-electron chi connectivity index (χ1n) is 10.4. The van der Waals surface area contributed by atoms with Gasteiger partial charge in [0.2, 0.25) is 10.0 Å². The topological polar surface area (TPSA) is 88.1 Å². The Morgan fingerprint density at radius 3 is 2.27 bits per heavy atom. The summed E-state index contributed by atoms with van der Waals surface area (Å²) in [4.78, 5) is 12.5. The second kappa shape index (κ2) is 10.8. The minimum atomic E-state index is -3.68. The lowest BCUT2D eigenvalue weighted by Gasteiger charge is -2.25. The standard InChI is InChI=1S/C25H27N3O4S/c1-19-10-9-11-20(2)25(19)28(33(3,30)31)17-24(29)27-26-16-22-14-7-8-15-23(22)32-18-21-12-5-4-6-13-21/h4-16H,17-18H2,1-3H3,(H,27,29)/b26-16-. The summed E-state index contributed by atoms with van der Waals surface area (Å²) in [7, 11) is -3.68. The van der Waals surface area contributed by atoms with Gasteiger partial charge in [-0.1, -0.05) is 60.7 Å². The van der Waals surface area contributed by atoms with Gasteiger partial charge in [-0.05, 0) is 42.7 Å². The van der Waals surface area contributed by atoms with Crippen molar-refractivity contribution in [3.05, 3.63) is 95.1 Å². The second-order valence-corrected chi connectivity index (χ2v) is 9.52. The summed E-state index contributed by atoms with van der Waals surface area (Å²) < 4.78 is 31.8. The van der Waals surface area contributed by atoms with E-state index in [4.69, 9.17) is 4.74 Å². The number of sulfonamides is 1. The number of aryl methyl sites for hydroxylation is 2. The molecule has 0 aromatic heterocycles. The SMILES string of the molecule is Cc1cccc(C)c1N(CC(=O)N/N=C\c1ccccc1OCc1ccccc1)S(C)(=O)=O. The van der Waals surface area contributed by atoms with Crippen molar-refractivity contribution in [3.63, 3.8) is 0 Å². The molecule has 0 saturated heterocycles. The number of rotatable bonds is 9. The van der Waals surface area contributed by atoms with Crippen LogP contribution in [0.25, 0.3) is 0 Å². The number of hydrogen-bond donors (Lipinski definition) is 1. The number of amides is 1. The molecule has 0 aliphatic rings. The van der Waals surface area contributed by atoms with Gasteiger partial charge in [-0.2, -0.15) is 5.10 Å². The Kier molecular flexibility index (Phi) is 7.84. The Hall–Kier alpha value is -3.65. The highest BCUT2D eigenvalue weighted by atomic mass is 32.2. The van der Waals surface area contributed by atoms with Crippen LogP contribution in [-0.4, -0.2) is 33.3 Å². The first-order chi connectivity index (χ1) is 15.8. The predicted octanol–water partition coefficient (Wildman–Crippen LogP) is 3.80. The number of carbonyl (C=O) groups excluding carboxylic acids is 1. The quantitative estimate of drug-likeness (QED) is 0.385. The highest BCUT2D eigenvalue weighted by Crippen LogP contribution is 2.26. The van der Waals surface area contributed by atoms with Crippen LogP contribution in [0.5, 0.6) is 5.75 Å². The van der Waals surface area contributed by atoms with Gasteiger partial charge in [-0.15, -0.1) is 0 Å². The van der Waals surface area contributed by atoms with E-state index < -0.39 is 15.9 Å². The van der Waals surface area contributed by atoms with Gasteiger partial charge in [0.15, 0.2) is 0 Å². The number of hydrazone groups is 1. The summed E-state index contributed by atoms with van der Waals surface area (Å²) in [6.45, 7) is 3.64. The monoisotopic (exact) mass is 465 g/mol. The van der Waals surface area contributed by atoms with Gasteiger partial charge in [-0.3, -0.25) is 9.10 Å². The third-order valence-corrected chi connectivity index (χ3v) is 6.04. The molecule has 3 aromatic carbocycles. The summed E-state index contributed by atoms with van der Waals surface area (Å²) >= 11 is 0. The van der Waals surface area contributed by atoms with E-state index in [0.29, 0.717) is 23.6 Å². The molecule has 0 unspecified atom stereocenters. The van der Waals surface area contributed by atoms with Crippen LogP contribution in [0.2, 0.25) is 0 Å². The number of nitrogens with zero attached hydrogens (tertiary/aromatic N) is 2. The van der Waals surface area contributed by atoms with Gasteiger partial charge in [0.1, 0.15) is 18.9 Å². The van der Waals surface area contributed by atoms with Crippen molar-refractivity contribution in [3.8, 4) is 5.75 Å². The van der Waals surface area contributed by atoms with Crippen LogP contribution in [0.1, 0.15) is 22.3 Å². The minimum Gasteiger partial charge on any atom is -0.488 e. The van der Waals surface area contributed by atoms with E-state index in [-0.39, 0.29) is 6.54 Å². The predicted molar refractivity (Wildman–Crippen MR) is 131 cm³/mol. The van der Waals surface area contributed by atoms with E-state index in [1.54, 1.807) is 0 Å². The Labute approximate surface area is 194 Å². The molecule has 3 rings (SSSR count). The summed E-state index contributed by atoms with van der Waals surface area (Å²) in [5.74, 6) is 0.0645. The molecule has 0 heterocycles. The molecule has 0 saturated carbocycles. The van der Waals surface area contributed by atoms with Crippen molar-refractivity contribution in [2.75, 3.05) is 17.1 Å². The summed E-state index contributed by atoms with van der Waals surface area (Å²) in [5, 5.41) is 4.00. The lowest BCUT2D eigenvalue weighted by molar-refractivity contribution is -0.119. The fourth-order valence-electron chi connectivity index (χ4n) is 3.35. The van der Waals surface area contributed by atoms with Crippen molar-refractivity contribution in [2.24, 2.45) is 5.10 Å². The van der Waals surface area contributed by atoms with E-state index in [9.17, 15) is 13.2 Å². The van der Waals surface area contributed by atoms with Gasteiger partial charge in [0.25, 0.3) is 5.91 Å². The Balaban J connectivity index is 1.68. The molecular formula is C25H27N3O4S. The molecule has 7 nitrogen and oxygen atoms in total. The molecule has 0 radical (unpaired) electrons. The van der Waals surface area contributed by atoms with Crippen molar-refractivity contribution in [2.45, 2.75) is 20.5 Å². The van der Waals surface area contributed by atoms with E-state index >= 15 is 0 Å². The number of anilines is 1. The zero-order valence-corrected chi connectivity index (χ0v) is 19.7. The van der Waals surface area contributed by atoms with Crippen molar-refractivity contribution in [1.82, 2.24) is 5.43 Å². The molecule has 1 N–H and O–H groups in total. The number of hydrogen-bond acceptors (Lipinski definition) is 5. The van der Waals surface area contributed by atoms with E-state index in [0.717, 1.165) is 27.3 Å². The number of ether oxygens (including phenoxy) is 1. The van der Waals surface area contributed by atoms with Crippen molar-refractivity contribution < 1.29 is 17.9 Å². The molecule has 0 aliphatic heterocycles. The zero-order chi connectivity index (χ0) is 23.8. The van der Waals surface area contributed by atoms with Gasteiger partial charge >= 0.3 is 0 Å². The number of benzene rings is 3. The zero-order valence-electron chi connectivity index (χ0n) is 18.9. The molecular weight excluding hydrogens is 438 g/mol. The maximum atomic E-state index is 12.5. The maximum absolute atomic E-state index is 12.5. The first kappa shape index (κ1) is 24.0. The molecule has 0 bridgehead atoms. The minimum absolute atomic E-state index is 0.381. The van der Waals surface area contributed by atoms with E-state index in [1.807, 2.05) is 86.6 Å². The number of nitrogens with one attached hydrogen (secondary N) is 1. The van der Waals surface area contributed by atoms with Crippen LogP contribution in [-0.2, 0) is 21.4 Å². The van der Waals surface area contributed by atoms with Crippen molar-refractivity contribution >= 4 is 27.8 Å². The molecule has 8 heteroatoms. The van der Waals surface area contributed by atoms with Crippen LogP contribution < -0.4 is 14.5 Å². The Morgan fingerprint density at radius 1 is 0.970 bits per heavy atom. The molecule has 0 spiro atoms. The highest BCUT2D eigenvalue weighted by molar-refractivity contribution is 7.92. The third-order valence-electron chi connectivity index (χ3n) is 4.93. The van der Waals surface area contributed by atoms with E-state index in [2.05, 4.69) is 10.5 Å². The lowest BCUT2D eigenvalue weighted by atomic mass is 10.1. The van der Waals surface area contributed by atoms with Crippen LogP contribution in [0, 0.1) is 13.8 Å². The largest absolute Gasteiger partial charge is 0.488 e. The maximum Gasteiger partial charge on any atom is 0.260 e. The van der Waals surface area contributed by atoms with E-state index in [1.165, 1.54) is 6.21 Å². The van der Waals surface area contributed by atoms with Gasteiger partial charge in [0, 0.05) is 5.56 Å². The molecule has 0 fully saturated rings. The average molecular weight is 466 g/mol. The van der Waals surface area contributed by atoms with Crippen LogP contribution in [0.3, 0.4) is 0 Å². The second-order valence-electron chi connectivity index (χ2n) is 7.62. The molecule has 1 amide bonds. The molecule has 172 valence electrons. The summed E-state index contributed by atoms with van der Waals surface area (Å²) in [5.41, 5.74) is 6.16. The molecule has 0 aliphatic carbocycles. The molecule has 33 heavy (non-hydrogen) atoms. The van der Waals surface area contributed by atoms with Crippen LogP contribution in [0.4, 0.5) is 5.69 Å². The smallest absolute Gasteiger partial charge is 0.260 e. The normalized spacial score (nSPS) is 11.4. The highest BCUT2D eigenvalue weighted by Gasteiger charge is 2.23. The number of carbonyl (C=O) groups is 1. The van der Waals surface area contributed by atoms with Gasteiger partial charge in [0.05, 0.1) is 18.2 Å². The fraction of sp³-hybridized carbons (Fsp3) is 0.200. The van der Waals surface area contributed by atoms with Crippen molar-refractivity contribution in [1.29, 1.82) is 0 Å². The Morgan fingerprint density at radius 2 is 1.61 bits per heavy atom. The van der Waals surface area contributed by atoms with Crippen LogP contribution >= 0.6 is 0 Å². The average Bonchev–Trinajstić information content (AvgIpc) is 2.77. The molecule has 3 aromatic rings. The van der Waals surface area contributed by atoms with Gasteiger partial charge < -0.3 is 4.74 Å². The third kappa shape index (κ3) is 6.66. The first-order valence-corrected chi connectivity index (χ1v) is 12.2. The summed E-state index contributed by atoms with van der Waals surface area (Å²) in [6, 6.07) is 22.6. The summed E-state index contributed by atoms with van der Waals surface area (Å²) in [6.07, 6.45) is 2.55. The lowest BCUT2D eigenvalue weighted by Crippen LogP contribution is -2.39. The van der Waals surface area contributed by atoms with Crippen LogP contribution in [0.15, 0.2) is 77.9 Å². The van der Waals surface area contributed by atoms with Gasteiger partial charge in [-0.25, -0.2) is 13.8 Å². The molecule has 0 atom stereocenters.